The third-order valence-corrected chi connectivity index (χ3v) is 4.40. The zero-order chi connectivity index (χ0) is 16.8. The number of rotatable bonds is 3. The predicted molar refractivity (Wildman–Crippen MR) is 81.0 cm³/mol. The number of hydrogen-bond acceptors (Lipinski definition) is 3. The van der Waals surface area contributed by atoms with Gasteiger partial charge in [-0.2, -0.15) is 0 Å². The van der Waals surface area contributed by atoms with Crippen LogP contribution in [0.25, 0.3) is 11.3 Å². The molecule has 5 nitrogen and oxygen atoms in total. The molecule has 0 bridgehead atoms. The number of carbonyl (C=O) groups excluding carboxylic acids is 2. The number of pyridine rings is 1. The van der Waals surface area contributed by atoms with Gasteiger partial charge in [0.2, 0.25) is 5.91 Å². The Hall–Kier alpha value is -2.83. The number of imide groups is 1. The van der Waals surface area contributed by atoms with Gasteiger partial charge < -0.3 is 5.32 Å². The number of aromatic nitrogens is 1. The van der Waals surface area contributed by atoms with Crippen molar-refractivity contribution in [3.05, 3.63) is 53.7 Å². The van der Waals surface area contributed by atoms with E-state index in [4.69, 9.17) is 0 Å². The quantitative estimate of drug-likeness (QED) is 0.880. The van der Waals surface area contributed by atoms with Gasteiger partial charge in [0.1, 0.15) is 0 Å². The first-order chi connectivity index (χ1) is 11.5. The highest BCUT2D eigenvalue weighted by Crippen LogP contribution is 2.45. The number of benzene rings is 1. The minimum Gasteiger partial charge on any atom is -0.329 e. The fourth-order valence-electron chi connectivity index (χ4n) is 3.05. The Kier molecular flexibility index (Phi) is 3.30. The van der Waals surface area contributed by atoms with Gasteiger partial charge in [0.15, 0.2) is 11.6 Å². The van der Waals surface area contributed by atoms with Crippen LogP contribution in [0.1, 0.15) is 17.9 Å². The molecule has 2 unspecified atom stereocenters. The molecule has 2 atom stereocenters. The maximum atomic E-state index is 13.3. The molecule has 1 N–H and O–H groups in total. The maximum absolute atomic E-state index is 13.3. The van der Waals surface area contributed by atoms with Crippen LogP contribution >= 0.6 is 0 Å². The van der Waals surface area contributed by atoms with Crippen molar-refractivity contribution in [1.82, 2.24) is 15.2 Å². The van der Waals surface area contributed by atoms with Crippen LogP contribution < -0.4 is 5.32 Å². The van der Waals surface area contributed by atoms with Crippen molar-refractivity contribution in [2.75, 3.05) is 6.54 Å². The van der Waals surface area contributed by atoms with E-state index >= 15 is 0 Å². The van der Waals surface area contributed by atoms with Crippen LogP contribution in [0.15, 0.2) is 36.5 Å². The van der Waals surface area contributed by atoms with Gasteiger partial charge in [0.25, 0.3) is 0 Å². The first-order valence-electron chi connectivity index (χ1n) is 7.56. The lowest BCUT2D eigenvalue weighted by Crippen LogP contribution is -2.33. The molecule has 24 heavy (non-hydrogen) atoms. The van der Waals surface area contributed by atoms with Gasteiger partial charge in [-0.25, -0.2) is 13.6 Å². The van der Waals surface area contributed by atoms with Crippen molar-refractivity contribution in [2.24, 2.45) is 0 Å². The minimum absolute atomic E-state index is 0.0510. The first kappa shape index (κ1) is 14.7. The van der Waals surface area contributed by atoms with E-state index < -0.39 is 11.6 Å². The summed E-state index contributed by atoms with van der Waals surface area (Å²) in [5, 5.41) is 2.51. The first-order valence-corrected chi connectivity index (χ1v) is 7.56. The number of hydrogen-bond donors (Lipinski definition) is 1. The van der Waals surface area contributed by atoms with Gasteiger partial charge in [0.05, 0.1) is 12.2 Å². The fourth-order valence-corrected chi connectivity index (χ4v) is 3.05. The zero-order valence-corrected chi connectivity index (χ0v) is 12.5. The van der Waals surface area contributed by atoms with E-state index in [9.17, 15) is 18.4 Å². The highest BCUT2D eigenvalue weighted by molar-refractivity contribution is 6.02. The summed E-state index contributed by atoms with van der Waals surface area (Å²) in [6.07, 6.45) is 2.37. The zero-order valence-electron chi connectivity index (χ0n) is 12.5. The van der Waals surface area contributed by atoms with Crippen molar-refractivity contribution >= 4 is 11.9 Å². The molecule has 2 aromatic rings. The molecule has 1 aliphatic heterocycles. The van der Waals surface area contributed by atoms with Crippen LogP contribution in [0.3, 0.4) is 0 Å². The van der Waals surface area contributed by atoms with Crippen LogP contribution in [-0.4, -0.2) is 34.4 Å². The van der Waals surface area contributed by atoms with E-state index in [2.05, 4.69) is 10.3 Å². The summed E-state index contributed by atoms with van der Waals surface area (Å²) < 4.78 is 26.3. The van der Waals surface area contributed by atoms with Crippen molar-refractivity contribution in [2.45, 2.75) is 18.4 Å². The lowest BCUT2D eigenvalue weighted by Gasteiger charge is -2.12. The number of halogens is 2. The van der Waals surface area contributed by atoms with Gasteiger partial charge in [-0.1, -0.05) is 6.07 Å². The highest BCUT2D eigenvalue weighted by atomic mass is 19.2. The van der Waals surface area contributed by atoms with E-state index in [1.54, 1.807) is 12.3 Å². The summed E-state index contributed by atoms with van der Waals surface area (Å²) in [5.41, 5.74) is 1.94. The predicted octanol–water partition coefficient (Wildman–Crippen LogP) is 2.43. The number of amides is 3. The van der Waals surface area contributed by atoms with E-state index in [-0.39, 0.29) is 30.4 Å². The Morgan fingerprint density at radius 2 is 1.96 bits per heavy atom. The van der Waals surface area contributed by atoms with Crippen molar-refractivity contribution in [3.63, 3.8) is 0 Å². The van der Waals surface area contributed by atoms with Crippen LogP contribution in [0.5, 0.6) is 0 Å². The van der Waals surface area contributed by atoms with Crippen LogP contribution in [-0.2, 0) is 4.79 Å². The molecule has 1 saturated carbocycles. The van der Waals surface area contributed by atoms with Crippen molar-refractivity contribution < 1.29 is 18.4 Å². The number of urea groups is 1. The molecule has 2 fully saturated rings. The highest BCUT2D eigenvalue weighted by Gasteiger charge is 2.49. The van der Waals surface area contributed by atoms with Crippen LogP contribution in [0, 0.1) is 11.6 Å². The Labute approximate surface area is 136 Å². The summed E-state index contributed by atoms with van der Waals surface area (Å²) in [4.78, 5) is 28.9. The lowest BCUT2D eigenvalue weighted by molar-refractivity contribution is -0.125. The molecule has 1 saturated heterocycles. The topological polar surface area (TPSA) is 62.3 Å². The molecule has 2 heterocycles. The Bertz CT molecular complexity index is 822. The second-order valence-corrected chi connectivity index (χ2v) is 5.94. The van der Waals surface area contributed by atoms with Crippen molar-refractivity contribution in [3.8, 4) is 11.3 Å². The van der Waals surface area contributed by atoms with Gasteiger partial charge in [-0.3, -0.25) is 14.7 Å². The molecule has 4 rings (SSSR count). The third kappa shape index (κ3) is 2.42. The van der Waals surface area contributed by atoms with Crippen LogP contribution in [0.4, 0.5) is 13.6 Å². The molecule has 0 spiro atoms. The Morgan fingerprint density at radius 3 is 2.58 bits per heavy atom. The lowest BCUT2D eigenvalue weighted by atomic mass is 10.1. The third-order valence-electron chi connectivity index (χ3n) is 4.40. The maximum Gasteiger partial charge on any atom is 0.324 e. The molecule has 122 valence electrons. The van der Waals surface area contributed by atoms with Crippen LogP contribution in [0.2, 0.25) is 0 Å². The van der Waals surface area contributed by atoms with Crippen molar-refractivity contribution in [1.29, 1.82) is 0 Å². The molecule has 1 aromatic carbocycles. The number of nitrogens with zero attached hydrogens (tertiary/aromatic N) is 2. The van der Waals surface area contributed by atoms with Gasteiger partial charge in [-0.15, -0.1) is 0 Å². The average molecular weight is 329 g/mol. The smallest absolute Gasteiger partial charge is 0.324 e. The van der Waals surface area contributed by atoms with E-state index in [0.29, 0.717) is 17.7 Å². The molecule has 2 aliphatic rings. The molecule has 3 amide bonds. The Balaban J connectivity index is 1.52. The van der Waals surface area contributed by atoms with Gasteiger partial charge >= 0.3 is 6.03 Å². The second-order valence-electron chi connectivity index (χ2n) is 5.94. The van der Waals surface area contributed by atoms with E-state index in [1.807, 2.05) is 6.07 Å². The summed E-state index contributed by atoms with van der Waals surface area (Å²) in [6, 6.07) is 6.72. The molecule has 7 heteroatoms. The standard InChI is InChI=1S/C17H13F2N3O2/c18-12-3-1-9(5-13(12)19)14-4-2-10(7-20-14)11-6-15(11)22-16(23)8-21-17(22)24/h1-5,7,11,15H,6,8H2,(H,21,24). The number of carbonyl (C=O) groups is 2. The van der Waals surface area contributed by atoms with Gasteiger partial charge in [-0.05, 0) is 36.2 Å². The molecular formula is C17H13F2N3O2. The van der Waals surface area contributed by atoms with E-state index in [0.717, 1.165) is 17.7 Å². The summed E-state index contributed by atoms with van der Waals surface area (Å²) in [7, 11) is 0. The average Bonchev–Trinajstić information content (AvgIpc) is 3.29. The SMILES string of the molecule is O=C1CNC(=O)N1C1CC1c1ccc(-c2ccc(F)c(F)c2)nc1. The molecular weight excluding hydrogens is 316 g/mol. The molecule has 1 aliphatic carbocycles. The van der Waals surface area contributed by atoms with Gasteiger partial charge in [0, 0.05) is 23.7 Å². The largest absolute Gasteiger partial charge is 0.329 e. The summed E-state index contributed by atoms with van der Waals surface area (Å²) >= 11 is 0. The normalized spacial score (nSPS) is 22.7. The second kappa shape index (κ2) is 5.36. The fraction of sp³-hybridized carbons (Fsp3) is 0.235. The minimum atomic E-state index is -0.917. The summed E-state index contributed by atoms with van der Waals surface area (Å²) in [5.74, 6) is -1.95. The molecule has 1 aromatic heterocycles. The Morgan fingerprint density at radius 1 is 1.12 bits per heavy atom. The molecule has 0 radical (unpaired) electrons. The van der Waals surface area contributed by atoms with E-state index in [1.165, 1.54) is 11.0 Å². The number of nitrogens with one attached hydrogen (secondary N) is 1. The summed E-state index contributed by atoms with van der Waals surface area (Å²) in [6.45, 7) is 0.0510. The monoisotopic (exact) mass is 329 g/mol.